The van der Waals surface area contributed by atoms with Gasteiger partial charge in [0.15, 0.2) is 0 Å². The minimum atomic E-state index is -0.496. The van der Waals surface area contributed by atoms with Gasteiger partial charge in [-0.25, -0.2) is 0 Å². The molecule has 1 aromatic rings. The smallest absolute Gasteiger partial charge is 0.115 e. The second-order valence-corrected chi connectivity index (χ2v) is 4.66. The highest BCUT2D eigenvalue weighted by molar-refractivity contribution is 5.29. The van der Waals surface area contributed by atoms with Crippen LogP contribution in [0.1, 0.15) is 37.3 Å². The average molecular weight is 221 g/mol. The van der Waals surface area contributed by atoms with Crippen molar-refractivity contribution in [2.24, 2.45) is 11.7 Å². The van der Waals surface area contributed by atoms with E-state index in [4.69, 9.17) is 5.73 Å². The fourth-order valence-electron chi connectivity index (χ4n) is 2.52. The molecule has 0 radical (unpaired) electrons. The molecule has 3 heteroatoms. The molecule has 1 fully saturated rings. The molecular weight excluding hydrogens is 202 g/mol. The normalized spacial score (nSPS) is 20.9. The van der Waals surface area contributed by atoms with Crippen LogP contribution in [0, 0.1) is 5.92 Å². The molecule has 1 aliphatic rings. The Kier molecular flexibility index (Phi) is 3.46. The quantitative estimate of drug-likeness (QED) is 0.730. The zero-order chi connectivity index (χ0) is 11.5. The molecule has 0 saturated heterocycles. The van der Waals surface area contributed by atoms with E-state index in [9.17, 15) is 10.2 Å². The van der Waals surface area contributed by atoms with E-state index >= 15 is 0 Å². The number of rotatable bonds is 3. The molecule has 16 heavy (non-hydrogen) atoms. The van der Waals surface area contributed by atoms with Crippen LogP contribution in [0.5, 0.6) is 5.75 Å². The first kappa shape index (κ1) is 11.4. The Morgan fingerprint density at radius 3 is 2.56 bits per heavy atom. The summed E-state index contributed by atoms with van der Waals surface area (Å²) in [5.74, 6) is 0.518. The number of nitrogens with two attached hydrogens (primary N) is 1. The molecule has 2 atom stereocenters. The van der Waals surface area contributed by atoms with Crippen LogP contribution < -0.4 is 5.73 Å². The molecule has 1 aromatic carbocycles. The Bertz CT molecular complexity index is 348. The van der Waals surface area contributed by atoms with Crippen molar-refractivity contribution in [2.75, 3.05) is 0 Å². The van der Waals surface area contributed by atoms with Gasteiger partial charge in [0.25, 0.3) is 0 Å². The summed E-state index contributed by atoms with van der Waals surface area (Å²) in [6.45, 7) is 0. The molecular formula is C13H19NO2. The van der Waals surface area contributed by atoms with Crippen molar-refractivity contribution in [3.63, 3.8) is 0 Å². The summed E-state index contributed by atoms with van der Waals surface area (Å²) >= 11 is 0. The van der Waals surface area contributed by atoms with Gasteiger partial charge < -0.3 is 15.9 Å². The zero-order valence-electron chi connectivity index (χ0n) is 9.34. The van der Waals surface area contributed by atoms with Gasteiger partial charge >= 0.3 is 0 Å². The van der Waals surface area contributed by atoms with E-state index in [0.29, 0.717) is 5.92 Å². The molecule has 3 nitrogen and oxygen atoms in total. The molecule has 1 aliphatic carbocycles. The predicted molar refractivity (Wildman–Crippen MR) is 63.0 cm³/mol. The van der Waals surface area contributed by atoms with E-state index in [0.717, 1.165) is 18.4 Å². The third-order valence-electron chi connectivity index (χ3n) is 3.51. The Hall–Kier alpha value is -1.06. The van der Waals surface area contributed by atoms with Gasteiger partial charge in [-0.1, -0.05) is 25.0 Å². The van der Waals surface area contributed by atoms with Gasteiger partial charge in [0.2, 0.25) is 0 Å². The fourth-order valence-corrected chi connectivity index (χ4v) is 2.52. The molecule has 0 spiro atoms. The van der Waals surface area contributed by atoms with Gasteiger partial charge in [0, 0.05) is 0 Å². The lowest BCUT2D eigenvalue weighted by molar-refractivity contribution is 0.0844. The maximum absolute atomic E-state index is 10.2. The van der Waals surface area contributed by atoms with Gasteiger partial charge in [-0.2, -0.15) is 0 Å². The summed E-state index contributed by atoms with van der Waals surface area (Å²) in [7, 11) is 0. The van der Waals surface area contributed by atoms with E-state index in [-0.39, 0.29) is 5.75 Å². The maximum Gasteiger partial charge on any atom is 0.115 e. The fraction of sp³-hybridized carbons (Fsp3) is 0.538. The van der Waals surface area contributed by atoms with Crippen molar-refractivity contribution in [3.8, 4) is 5.75 Å². The van der Waals surface area contributed by atoms with Crippen molar-refractivity contribution < 1.29 is 10.2 Å². The number of aliphatic hydroxyl groups is 1. The first-order valence-corrected chi connectivity index (χ1v) is 5.91. The summed E-state index contributed by atoms with van der Waals surface area (Å²) in [5, 5.41) is 19.5. The number of aromatic hydroxyl groups is 1. The molecule has 2 rings (SSSR count). The van der Waals surface area contributed by atoms with Gasteiger partial charge in [-0.15, -0.1) is 0 Å². The van der Waals surface area contributed by atoms with E-state index in [1.807, 2.05) is 6.07 Å². The number of benzene rings is 1. The van der Waals surface area contributed by atoms with E-state index in [1.165, 1.54) is 12.8 Å². The Morgan fingerprint density at radius 2 is 1.94 bits per heavy atom. The third-order valence-corrected chi connectivity index (χ3v) is 3.51. The van der Waals surface area contributed by atoms with Crippen molar-refractivity contribution >= 4 is 0 Å². The summed E-state index contributed by atoms with van der Waals surface area (Å²) in [5.41, 5.74) is 6.83. The predicted octanol–water partition coefficient (Wildman–Crippen LogP) is 1.94. The van der Waals surface area contributed by atoms with Crippen LogP contribution in [0.15, 0.2) is 24.3 Å². The number of hydrogen-bond acceptors (Lipinski definition) is 3. The number of phenols is 1. The largest absolute Gasteiger partial charge is 0.508 e. The van der Waals surface area contributed by atoms with Crippen LogP contribution in [-0.2, 0) is 0 Å². The molecule has 0 aromatic heterocycles. The standard InChI is InChI=1S/C13H19NO2/c14-12(10-6-3-7-11(15)8-10)13(16)9-4-1-2-5-9/h3,6-9,12-13,15-16H,1-2,4-5,14H2/t12-,13+/m0/s1. The molecule has 88 valence electrons. The van der Waals surface area contributed by atoms with Gasteiger partial charge in [-0.3, -0.25) is 0 Å². The second-order valence-electron chi connectivity index (χ2n) is 4.66. The number of hydrogen-bond donors (Lipinski definition) is 3. The highest BCUT2D eigenvalue weighted by atomic mass is 16.3. The minimum absolute atomic E-state index is 0.201. The molecule has 0 aliphatic heterocycles. The molecule has 0 unspecified atom stereocenters. The van der Waals surface area contributed by atoms with E-state index in [2.05, 4.69) is 0 Å². The van der Waals surface area contributed by atoms with E-state index in [1.54, 1.807) is 18.2 Å². The Balaban J connectivity index is 2.08. The number of aliphatic hydroxyl groups excluding tert-OH is 1. The van der Waals surface area contributed by atoms with Crippen LogP contribution in [0.25, 0.3) is 0 Å². The summed E-state index contributed by atoms with van der Waals surface area (Å²) in [4.78, 5) is 0. The van der Waals surface area contributed by atoms with Gasteiger partial charge in [-0.05, 0) is 36.5 Å². The van der Waals surface area contributed by atoms with E-state index < -0.39 is 12.1 Å². The maximum atomic E-state index is 10.2. The van der Waals surface area contributed by atoms with Gasteiger partial charge in [0.1, 0.15) is 5.75 Å². The average Bonchev–Trinajstić information content (AvgIpc) is 2.80. The van der Waals surface area contributed by atoms with Crippen molar-refractivity contribution in [3.05, 3.63) is 29.8 Å². The summed E-state index contributed by atoms with van der Waals surface area (Å²) < 4.78 is 0. The molecule has 4 N–H and O–H groups in total. The third kappa shape index (κ3) is 2.36. The van der Waals surface area contributed by atoms with Crippen LogP contribution in [0.2, 0.25) is 0 Å². The Morgan fingerprint density at radius 1 is 1.25 bits per heavy atom. The highest BCUT2D eigenvalue weighted by Gasteiger charge is 2.28. The highest BCUT2D eigenvalue weighted by Crippen LogP contribution is 2.32. The molecule has 0 amide bonds. The lowest BCUT2D eigenvalue weighted by Crippen LogP contribution is -2.31. The topological polar surface area (TPSA) is 66.5 Å². The zero-order valence-corrected chi connectivity index (χ0v) is 9.34. The monoisotopic (exact) mass is 221 g/mol. The van der Waals surface area contributed by atoms with Crippen molar-refractivity contribution in [1.29, 1.82) is 0 Å². The molecule has 1 saturated carbocycles. The van der Waals surface area contributed by atoms with Crippen LogP contribution >= 0.6 is 0 Å². The second kappa shape index (κ2) is 4.85. The number of phenolic OH excluding ortho intramolecular Hbond substituents is 1. The lowest BCUT2D eigenvalue weighted by atomic mass is 9.91. The SMILES string of the molecule is N[C@@H](c1cccc(O)c1)[C@H](O)C1CCCC1. The first-order chi connectivity index (χ1) is 7.68. The van der Waals surface area contributed by atoms with Crippen molar-refractivity contribution in [2.45, 2.75) is 37.8 Å². The van der Waals surface area contributed by atoms with Crippen molar-refractivity contribution in [1.82, 2.24) is 0 Å². The summed E-state index contributed by atoms with van der Waals surface area (Å²) in [6, 6.07) is 6.45. The van der Waals surface area contributed by atoms with Gasteiger partial charge in [0.05, 0.1) is 12.1 Å². The van der Waals surface area contributed by atoms with Crippen LogP contribution in [0.4, 0.5) is 0 Å². The lowest BCUT2D eigenvalue weighted by Gasteiger charge is -2.24. The molecule has 0 bridgehead atoms. The van der Waals surface area contributed by atoms with Crippen LogP contribution in [0.3, 0.4) is 0 Å². The first-order valence-electron chi connectivity index (χ1n) is 5.91. The molecule has 0 heterocycles. The van der Waals surface area contributed by atoms with Crippen LogP contribution in [-0.4, -0.2) is 16.3 Å². The summed E-state index contributed by atoms with van der Waals surface area (Å²) in [6.07, 6.45) is 4.01. The minimum Gasteiger partial charge on any atom is -0.508 e. The Labute approximate surface area is 95.9 Å².